The third-order valence-electron chi connectivity index (χ3n) is 15.8. The van der Waals surface area contributed by atoms with Gasteiger partial charge in [0, 0.05) is 68.9 Å². The molecule has 2 N–H and O–H groups in total. The normalized spacial score (nSPS) is 29.4. The summed E-state index contributed by atoms with van der Waals surface area (Å²) in [5.74, 6) is 2.70. The summed E-state index contributed by atoms with van der Waals surface area (Å²) in [6, 6.07) is 9.77. The summed E-state index contributed by atoms with van der Waals surface area (Å²) in [7, 11) is 14.7. The molecule has 4 fully saturated rings. The molecule has 4 aliphatic heterocycles. The van der Waals surface area contributed by atoms with E-state index in [1.807, 2.05) is 0 Å². The van der Waals surface area contributed by atoms with Crippen LogP contribution in [-0.2, 0) is 22.7 Å². The number of hydrogen-bond acceptors (Lipinski definition) is 8. The number of fused-ring (bicyclic) bond motifs is 4. The monoisotopic (exact) mass is 825 g/mol. The molecule has 0 spiro atoms. The van der Waals surface area contributed by atoms with E-state index in [1.165, 1.54) is 0 Å². The number of hydrogen-bond donors (Lipinski definition) is 2. The number of methoxy groups -OCH3 is 6. The zero-order valence-corrected chi connectivity index (χ0v) is 37.1. The van der Waals surface area contributed by atoms with Gasteiger partial charge < -0.3 is 47.6 Å². The van der Waals surface area contributed by atoms with Crippen LogP contribution in [0.4, 0.5) is 0 Å². The molecule has 2 aromatic rings. The van der Waals surface area contributed by atoms with Crippen LogP contribution in [0, 0.1) is 17.3 Å². The maximum absolute atomic E-state index is 14.3. The first-order chi connectivity index (χ1) is 28.3. The molecule has 0 radical (unpaired) electrons. The van der Waals surface area contributed by atoms with Gasteiger partial charge in [-0.15, -0.1) is 0 Å². The number of ether oxygens (including phenoxy) is 6. The number of aliphatic carboxylic acids is 2. The molecule has 12 nitrogen and oxygen atoms in total. The first kappa shape index (κ1) is 44.6. The van der Waals surface area contributed by atoms with Crippen molar-refractivity contribution in [3.05, 3.63) is 35.4 Å². The molecule has 4 unspecified atom stereocenters. The van der Waals surface area contributed by atoms with Gasteiger partial charge in [0.05, 0.1) is 86.3 Å². The Morgan fingerprint density at radius 1 is 0.559 bits per heavy atom. The van der Waals surface area contributed by atoms with Crippen molar-refractivity contribution in [2.24, 2.45) is 17.3 Å². The van der Waals surface area contributed by atoms with Crippen LogP contribution in [0.5, 0.6) is 34.5 Å². The molecule has 0 amide bonds. The fraction of sp³-hybridized carbons (Fsp3) is 0.702. The summed E-state index contributed by atoms with van der Waals surface area (Å²) in [6.45, 7) is 1.65. The van der Waals surface area contributed by atoms with Crippen LogP contribution in [0.3, 0.4) is 0 Å². The van der Waals surface area contributed by atoms with Crippen molar-refractivity contribution < 1.29 is 57.2 Å². The standard InChI is InChI=1S/C47H70N2O10/c1-48(29-31-21-39(54-3)44(58-7)40(22-31)55-4)35-16-17-36(48)26-33(25-35)47(46(52)53,20-14-12-10-9-11-13-15-43(50)51)34-27-37-18-19-38(28-34)49(37,2)30-32-23-41(56-5)45(59-8)42(24-32)57-6/h21-24,33-38H,9-20,25-30H2,1-8H3/p+2. The fourth-order valence-electron chi connectivity index (χ4n) is 12.7. The summed E-state index contributed by atoms with van der Waals surface area (Å²) in [5.41, 5.74) is 1.48. The number of carboxylic acids is 2. The minimum atomic E-state index is -0.791. The van der Waals surface area contributed by atoms with E-state index in [9.17, 15) is 14.7 Å². The molecule has 4 atom stereocenters. The molecule has 4 saturated heterocycles. The lowest BCUT2D eigenvalue weighted by Crippen LogP contribution is -2.63. The van der Waals surface area contributed by atoms with Gasteiger partial charge in [-0.05, 0) is 48.9 Å². The number of unbranched alkanes of at least 4 members (excludes halogenated alkanes) is 5. The molecule has 328 valence electrons. The van der Waals surface area contributed by atoms with Crippen LogP contribution in [0.15, 0.2) is 24.3 Å². The van der Waals surface area contributed by atoms with Crippen LogP contribution < -0.4 is 28.4 Å². The predicted octanol–water partition coefficient (Wildman–Crippen LogP) is 8.49. The molecule has 12 heteroatoms. The second-order valence-electron chi connectivity index (χ2n) is 18.5. The van der Waals surface area contributed by atoms with Gasteiger partial charge in [-0.3, -0.25) is 9.59 Å². The van der Waals surface area contributed by atoms with Crippen molar-refractivity contribution in [2.45, 2.75) is 140 Å². The number of piperidine rings is 2. The maximum Gasteiger partial charge on any atom is 0.310 e. The van der Waals surface area contributed by atoms with E-state index >= 15 is 0 Å². The highest BCUT2D eigenvalue weighted by molar-refractivity contribution is 5.75. The zero-order valence-electron chi connectivity index (χ0n) is 37.1. The van der Waals surface area contributed by atoms with Gasteiger partial charge >= 0.3 is 11.9 Å². The molecule has 0 aromatic heterocycles. The lowest BCUT2D eigenvalue weighted by molar-refractivity contribution is -0.963. The minimum Gasteiger partial charge on any atom is -0.493 e. The van der Waals surface area contributed by atoms with E-state index in [0.717, 1.165) is 117 Å². The Morgan fingerprint density at radius 3 is 1.20 bits per heavy atom. The Kier molecular flexibility index (Phi) is 14.2. The summed E-state index contributed by atoms with van der Waals surface area (Å²) >= 11 is 0. The lowest BCUT2D eigenvalue weighted by atomic mass is 9.56. The number of quaternary nitrogens is 2. The first-order valence-corrected chi connectivity index (χ1v) is 22.0. The van der Waals surface area contributed by atoms with Crippen LogP contribution >= 0.6 is 0 Å². The molecule has 4 aliphatic rings. The quantitative estimate of drug-likeness (QED) is 0.0881. The largest absolute Gasteiger partial charge is 0.493 e. The number of carbonyl (C=O) groups is 2. The highest BCUT2D eigenvalue weighted by Gasteiger charge is 2.63. The lowest BCUT2D eigenvalue weighted by Gasteiger charge is -2.55. The SMILES string of the molecule is COc1cc(C[N+]2(C)C3CCC2CC(C(CCCCCCCCC(=O)O)(C(=O)O)C2CC4CCC(C2)[N+]4(C)Cc2cc(OC)c(OC)c(OC)c2)C3)cc(OC)c1OC. The Balaban J connectivity index is 1.26. The van der Waals surface area contributed by atoms with Crippen molar-refractivity contribution in [3.8, 4) is 34.5 Å². The van der Waals surface area contributed by atoms with Crippen LogP contribution in [-0.4, -0.2) is 112 Å². The average molecular weight is 825 g/mol. The number of carboxylic acid groups (broad SMARTS) is 2. The van der Waals surface area contributed by atoms with Gasteiger partial charge in [0.25, 0.3) is 0 Å². The maximum atomic E-state index is 14.3. The summed E-state index contributed by atoms with van der Waals surface area (Å²) in [6.07, 6.45) is 14.5. The highest BCUT2D eigenvalue weighted by atomic mass is 16.5. The average Bonchev–Trinajstić information content (AvgIpc) is 3.44. The molecular weight excluding hydrogens is 753 g/mol. The van der Waals surface area contributed by atoms with Gasteiger partial charge in [0.15, 0.2) is 23.0 Å². The molecule has 4 heterocycles. The molecular formula is C47H72N2O10+2. The summed E-state index contributed by atoms with van der Waals surface area (Å²) in [4.78, 5) is 25.4. The van der Waals surface area contributed by atoms with E-state index in [2.05, 4.69) is 38.4 Å². The van der Waals surface area contributed by atoms with E-state index < -0.39 is 17.4 Å². The fourth-order valence-corrected chi connectivity index (χ4v) is 12.7. The Labute approximate surface area is 352 Å². The summed E-state index contributed by atoms with van der Waals surface area (Å²) in [5, 5.41) is 20.8. The molecule has 6 rings (SSSR count). The molecule has 0 aliphatic carbocycles. The van der Waals surface area contributed by atoms with Crippen molar-refractivity contribution >= 4 is 11.9 Å². The number of benzene rings is 2. The van der Waals surface area contributed by atoms with Gasteiger partial charge in [0.2, 0.25) is 11.5 Å². The van der Waals surface area contributed by atoms with Gasteiger partial charge in [0.1, 0.15) is 13.1 Å². The van der Waals surface area contributed by atoms with E-state index in [1.54, 1.807) is 42.7 Å². The van der Waals surface area contributed by atoms with Crippen molar-refractivity contribution in [1.29, 1.82) is 0 Å². The van der Waals surface area contributed by atoms with Crippen molar-refractivity contribution in [3.63, 3.8) is 0 Å². The number of nitrogens with zero attached hydrogens (tertiary/aromatic N) is 2. The smallest absolute Gasteiger partial charge is 0.310 e. The molecule has 2 aromatic carbocycles. The Bertz CT molecular complexity index is 1600. The summed E-state index contributed by atoms with van der Waals surface area (Å²) < 4.78 is 36.0. The van der Waals surface area contributed by atoms with Gasteiger partial charge in [-0.25, -0.2) is 0 Å². The van der Waals surface area contributed by atoms with E-state index in [4.69, 9.17) is 33.5 Å². The third-order valence-corrected chi connectivity index (χ3v) is 15.8. The van der Waals surface area contributed by atoms with Gasteiger partial charge in [-0.2, -0.15) is 0 Å². The Morgan fingerprint density at radius 2 is 0.898 bits per heavy atom. The molecule has 4 bridgehead atoms. The topological polar surface area (TPSA) is 130 Å². The van der Waals surface area contributed by atoms with E-state index in [0.29, 0.717) is 71.5 Å². The van der Waals surface area contributed by atoms with Crippen molar-refractivity contribution in [1.82, 2.24) is 0 Å². The second kappa shape index (κ2) is 18.8. The third kappa shape index (κ3) is 8.68. The van der Waals surface area contributed by atoms with Crippen LogP contribution in [0.2, 0.25) is 0 Å². The zero-order chi connectivity index (χ0) is 42.5. The highest BCUT2D eigenvalue weighted by Crippen LogP contribution is 2.59. The minimum absolute atomic E-state index is 0.107. The van der Waals surface area contributed by atoms with Crippen LogP contribution in [0.1, 0.15) is 114 Å². The molecule has 0 saturated carbocycles. The predicted molar refractivity (Wildman–Crippen MR) is 226 cm³/mol. The van der Waals surface area contributed by atoms with Gasteiger partial charge in [-0.1, -0.05) is 32.1 Å². The second-order valence-corrected chi connectivity index (χ2v) is 18.5. The molecule has 59 heavy (non-hydrogen) atoms. The first-order valence-electron chi connectivity index (χ1n) is 22.0. The number of rotatable bonds is 22. The van der Waals surface area contributed by atoms with Crippen LogP contribution in [0.25, 0.3) is 0 Å². The van der Waals surface area contributed by atoms with Crippen molar-refractivity contribution in [2.75, 3.05) is 56.8 Å². The Hall–Kier alpha value is -3.90. The van der Waals surface area contributed by atoms with E-state index in [-0.39, 0.29) is 18.3 Å².